The van der Waals surface area contributed by atoms with Gasteiger partial charge in [0.15, 0.2) is 0 Å². The third-order valence-electron chi connectivity index (χ3n) is 3.20. The highest BCUT2D eigenvalue weighted by Crippen LogP contribution is 2.16. The Labute approximate surface area is 134 Å². The summed E-state index contributed by atoms with van der Waals surface area (Å²) in [5.41, 5.74) is 0. The fraction of sp³-hybridized carbons (Fsp3) is 0.250. The van der Waals surface area contributed by atoms with E-state index in [0.717, 1.165) is 10.4 Å². The molecular formula is C16H17F2NO3S. The van der Waals surface area contributed by atoms with Crippen molar-refractivity contribution in [2.45, 2.75) is 11.3 Å². The van der Waals surface area contributed by atoms with Gasteiger partial charge in [-0.3, -0.25) is 0 Å². The molecule has 0 bridgehead atoms. The van der Waals surface area contributed by atoms with E-state index < -0.39 is 15.8 Å². The zero-order chi connectivity index (χ0) is 16.9. The zero-order valence-electron chi connectivity index (χ0n) is 12.6. The maximum atomic E-state index is 13.2. The molecule has 0 saturated carbocycles. The van der Waals surface area contributed by atoms with Gasteiger partial charge < -0.3 is 4.74 Å². The van der Waals surface area contributed by atoms with E-state index in [2.05, 4.69) is 0 Å². The molecule has 0 aromatic heterocycles. The van der Waals surface area contributed by atoms with Crippen molar-refractivity contribution in [3.63, 3.8) is 0 Å². The van der Waals surface area contributed by atoms with Crippen molar-refractivity contribution in [1.29, 1.82) is 0 Å². The molecule has 0 fully saturated rings. The van der Waals surface area contributed by atoms with Gasteiger partial charge in [-0.2, -0.15) is 0 Å². The van der Waals surface area contributed by atoms with Gasteiger partial charge >= 0.3 is 0 Å². The monoisotopic (exact) mass is 341 g/mol. The third kappa shape index (κ3) is 4.74. The van der Waals surface area contributed by atoms with E-state index in [0.29, 0.717) is 12.2 Å². The van der Waals surface area contributed by atoms with E-state index in [9.17, 15) is 17.2 Å². The quantitative estimate of drug-likeness (QED) is 0.727. The number of benzene rings is 2. The zero-order valence-corrected chi connectivity index (χ0v) is 13.4. The van der Waals surface area contributed by atoms with Crippen molar-refractivity contribution in [3.8, 4) is 5.75 Å². The van der Waals surface area contributed by atoms with Crippen LogP contribution >= 0.6 is 0 Å². The van der Waals surface area contributed by atoms with Crippen molar-refractivity contribution in [3.05, 3.63) is 60.2 Å². The molecule has 0 amide bonds. The number of ether oxygens (including phenoxy) is 1. The summed E-state index contributed by atoms with van der Waals surface area (Å²) in [5.74, 6) is -0.431. The van der Waals surface area contributed by atoms with Crippen LogP contribution in [0.25, 0.3) is 0 Å². The topological polar surface area (TPSA) is 46.6 Å². The number of sulfonamides is 1. The highest BCUT2D eigenvalue weighted by molar-refractivity contribution is 7.89. The van der Waals surface area contributed by atoms with Crippen molar-refractivity contribution in [1.82, 2.24) is 4.31 Å². The average Bonchev–Trinajstić information content (AvgIpc) is 2.53. The van der Waals surface area contributed by atoms with Crippen molar-refractivity contribution in [2.24, 2.45) is 0 Å². The fourth-order valence-corrected chi connectivity index (χ4v) is 3.18. The standard InChI is InChI=1S/C16H17F2NO3S/c1-19(23(20,21)16-5-2-4-14(18)12-16)10-3-11-22-15-8-6-13(17)7-9-15/h2,4-9,12H,3,10-11H2,1H3. The lowest BCUT2D eigenvalue weighted by atomic mass is 10.3. The Bertz CT molecular complexity index is 748. The summed E-state index contributed by atoms with van der Waals surface area (Å²) in [6, 6.07) is 10.5. The van der Waals surface area contributed by atoms with Gasteiger partial charge in [0.25, 0.3) is 0 Å². The molecule has 23 heavy (non-hydrogen) atoms. The van der Waals surface area contributed by atoms with E-state index in [1.165, 1.54) is 49.5 Å². The second-order valence-electron chi connectivity index (χ2n) is 4.94. The number of hydrogen-bond donors (Lipinski definition) is 0. The second kappa shape index (κ2) is 7.52. The average molecular weight is 341 g/mol. The summed E-state index contributed by atoms with van der Waals surface area (Å²) in [6.07, 6.45) is 0.447. The molecule has 2 aromatic carbocycles. The molecular weight excluding hydrogens is 324 g/mol. The molecule has 0 N–H and O–H groups in total. The van der Waals surface area contributed by atoms with Gasteiger partial charge in [-0.1, -0.05) is 6.07 Å². The van der Waals surface area contributed by atoms with Crippen LogP contribution in [0.1, 0.15) is 6.42 Å². The molecule has 0 aliphatic rings. The molecule has 0 radical (unpaired) electrons. The highest BCUT2D eigenvalue weighted by Gasteiger charge is 2.20. The molecule has 0 heterocycles. The highest BCUT2D eigenvalue weighted by atomic mass is 32.2. The summed E-state index contributed by atoms with van der Waals surface area (Å²) in [7, 11) is -2.30. The van der Waals surface area contributed by atoms with Crippen molar-refractivity contribution >= 4 is 10.0 Å². The smallest absolute Gasteiger partial charge is 0.242 e. The van der Waals surface area contributed by atoms with E-state index >= 15 is 0 Å². The Morgan fingerprint density at radius 3 is 2.39 bits per heavy atom. The van der Waals surface area contributed by atoms with E-state index in [4.69, 9.17) is 4.74 Å². The van der Waals surface area contributed by atoms with Crippen molar-refractivity contribution < 1.29 is 21.9 Å². The molecule has 0 atom stereocenters. The van der Waals surface area contributed by atoms with Crippen LogP contribution in [0.5, 0.6) is 5.75 Å². The van der Waals surface area contributed by atoms with Crippen LogP contribution in [0.15, 0.2) is 53.4 Å². The van der Waals surface area contributed by atoms with Gasteiger partial charge in [-0.15, -0.1) is 0 Å². The van der Waals surface area contributed by atoms with E-state index in [1.54, 1.807) is 0 Å². The van der Waals surface area contributed by atoms with Crippen molar-refractivity contribution in [2.75, 3.05) is 20.2 Å². The Morgan fingerprint density at radius 2 is 1.74 bits per heavy atom. The van der Waals surface area contributed by atoms with E-state index in [1.807, 2.05) is 0 Å². The minimum absolute atomic E-state index is 0.0838. The second-order valence-corrected chi connectivity index (χ2v) is 6.98. The minimum atomic E-state index is -3.72. The SMILES string of the molecule is CN(CCCOc1ccc(F)cc1)S(=O)(=O)c1cccc(F)c1. The summed E-state index contributed by atoms with van der Waals surface area (Å²) >= 11 is 0. The van der Waals surface area contributed by atoms with Crippen LogP contribution in [0, 0.1) is 11.6 Å². The number of hydrogen-bond acceptors (Lipinski definition) is 3. The van der Waals surface area contributed by atoms with Gasteiger partial charge in [0, 0.05) is 13.6 Å². The molecule has 0 spiro atoms. The third-order valence-corrected chi connectivity index (χ3v) is 5.06. The first kappa shape index (κ1) is 17.4. The molecule has 4 nitrogen and oxygen atoms in total. The Balaban J connectivity index is 1.86. The molecule has 7 heteroatoms. The van der Waals surface area contributed by atoms with Gasteiger partial charge in [0.1, 0.15) is 17.4 Å². The maximum Gasteiger partial charge on any atom is 0.242 e. The van der Waals surface area contributed by atoms with Crippen LogP contribution in [0.4, 0.5) is 8.78 Å². The van der Waals surface area contributed by atoms with Gasteiger partial charge in [-0.05, 0) is 48.9 Å². The van der Waals surface area contributed by atoms with Gasteiger partial charge in [0.05, 0.1) is 11.5 Å². The first-order valence-electron chi connectivity index (χ1n) is 7.00. The summed E-state index contributed by atoms with van der Waals surface area (Å²) < 4.78 is 57.0. The summed E-state index contributed by atoms with van der Waals surface area (Å²) in [6.45, 7) is 0.509. The summed E-state index contributed by atoms with van der Waals surface area (Å²) in [5, 5.41) is 0. The van der Waals surface area contributed by atoms with E-state index in [-0.39, 0.29) is 23.9 Å². The Kier molecular flexibility index (Phi) is 5.68. The molecule has 0 aliphatic carbocycles. The first-order chi connectivity index (χ1) is 10.9. The predicted molar refractivity (Wildman–Crippen MR) is 82.7 cm³/mol. The number of rotatable bonds is 7. The Morgan fingerprint density at radius 1 is 1.04 bits per heavy atom. The molecule has 2 aromatic rings. The first-order valence-corrected chi connectivity index (χ1v) is 8.44. The van der Waals surface area contributed by atoms with Crippen LogP contribution in [0.2, 0.25) is 0 Å². The van der Waals surface area contributed by atoms with Crippen LogP contribution in [-0.2, 0) is 10.0 Å². The number of nitrogens with zero attached hydrogens (tertiary/aromatic N) is 1. The fourth-order valence-electron chi connectivity index (χ4n) is 1.94. The van der Waals surface area contributed by atoms with Crippen LogP contribution in [-0.4, -0.2) is 32.9 Å². The van der Waals surface area contributed by atoms with Crippen LogP contribution in [0.3, 0.4) is 0 Å². The predicted octanol–water partition coefficient (Wildman–Crippen LogP) is 3.05. The lowest BCUT2D eigenvalue weighted by Crippen LogP contribution is -2.29. The molecule has 124 valence electrons. The molecule has 0 aliphatic heterocycles. The normalized spacial score (nSPS) is 11.7. The maximum absolute atomic E-state index is 13.2. The summed E-state index contributed by atoms with van der Waals surface area (Å²) in [4.78, 5) is -0.0838. The molecule has 0 unspecified atom stereocenters. The van der Waals surface area contributed by atoms with Gasteiger partial charge in [-0.25, -0.2) is 21.5 Å². The molecule has 2 rings (SSSR count). The molecule has 0 saturated heterocycles. The Hall–Kier alpha value is -1.99. The van der Waals surface area contributed by atoms with Crippen LogP contribution < -0.4 is 4.74 Å². The largest absolute Gasteiger partial charge is 0.494 e. The lowest BCUT2D eigenvalue weighted by Gasteiger charge is -2.17. The lowest BCUT2D eigenvalue weighted by molar-refractivity contribution is 0.296. The number of halogens is 2. The van der Waals surface area contributed by atoms with Gasteiger partial charge in [0.2, 0.25) is 10.0 Å². The minimum Gasteiger partial charge on any atom is -0.494 e.